The number of hydrogen-bond acceptors (Lipinski definition) is 0. The molecule has 0 fully saturated rings. The Bertz CT molecular complexity index is 0. The van der Waals surface area contributed by atoms with Gasteiger partial charge in [0, 0.05) is 0 Å². The van der Waals surface area contributed by atoms with Crippen molar-refractivity contribution >= 4 is 0 Å². The lowest BCUT2D eigenvalue weighted by Gasteiger charge is -1.07. The predicted octanol–water partition coefficient (Wildman–Crippen LogP) is 12.2. The molecule has 0 aromatic carbocycles. The van der Waals surface area contributed by atoms with E-state index in [9.17, 15) is 0 Å². The first kappa shape index (κ1) is 111. The fourth-order valence-corrected chi connectivity index (χ4v) is 0. The second-order valence-electron chi connectivity index (χ2n) is 0. The molecule has 0 heteroatoms. The van der Waals surface area contributed by atoms with E-state index in [1.54, 1.807) is 0 Å². The van der Waals surface area contributed by atoms with Gasteiger partial charge < -0.3 is 0 Å². The van der Waals surface area contributed by atoms with Crippen molar-refractivity contribution in [3.05, 3.63) is 0 Å². The van der Waals surface area contributed by atoms with Crippen molar-refractivity contribution < 1.29 is 0 Å². The van der Waals surface area contributed by atoms with E-state index >= 15 is 0 Å². The zero-order chi connectivity index (χ0) is 20.0. The van der Waals surface area contributed by atoms with Crippen LogP contribution in [0.2, 0.25) is 0 Å². The van der Waals surface area contributed by atoms with Gasteiger partial charge in [0.15, 0.2) is 0 Å². The van der Waals surface area contributed by atoms with Crippen molar-refractivity contribution in [1.29, 1.82) is 0 Å². The standard InChI is InChI=1S/10C2H6.3CH4/c10*1-2;;;/h10*1-2H3;3*1H4. The SMILES string of the molecule is C.C.C.CC.CC.CC.CC.CC.CC.CC.CC.CC.CC. The summed E-state index contributed by atoms with van der Waals surface area (Å²) < 4.78 is 0. The van der Waals surface area contributed by atoms with Crippen LogP contribution < -0.4 is 0 Å². The highest BCUT2D eigenvalue weighted by Gasteiger charge is 0.950. The predicted molar refractivity (Wildman–Crippen MR) is 134 cm³/mol. The Morgan fingerprint density at radius 2 is 0.130 bits per heavy atom. The maximum Gasteiger partial charge on any atom is -0.0683 e. The summed E-state index contributed by atoms with van der Waals surface area (Å²) in [6.07, 6.45) is 0. The smallest absolute Gasteiger partial charge is 0.0683 e. The number of rotatable bonds is 0. The first-order valence-electron chi connectivity index (χ1n) is 10.0. The van der Waals surface area contributed by atoms with E-state index < -0.39 is 0 Å². The molecule has 0 bridgehead atoms. The molecular weight excluding hydrogens is 276 g/mol. The zero-order valence-electron chi connectivity index (χ0n) is 20.0. The van der Waals surface area contributed by atoms with Crippen LogP contribution in [0.3, 0.4) is 0 Å². The lowest BCUT2D eigenvalue weighted by Crippen LogP contribution is -0.856. The first-order valence-corrected chi connectivity index (χ1v) is 10.0. The van der Waals surface area contributed by atoms with Gasteiger partial charge in [0.1, 0.15) is 0 Å². The molecule has 0 radical (unpaired) electrons. The van der Waals surface area contributed by atoms with Crippen molar-refractivity contribution in [2.75, 3.05) is 0 Å². The Balaban J connectivity index is -0.00000000433. The van der Waals surface area contributed by atoms with Crippen LogP contribution in [0.15, 0.2) is 0 Å². The minimum atomic E-state index is 0. The third-order valence-corrected chi connectivity index (χ3v) is 0. The summed E-state index contributed by atoms with van der Waals surface area (Å²) in [6, 6.07) is 0. The van der Waals surface area contributed by atoms with Crippen molar-refractivity contribution in [2.45, 2.75) is 161 Å². The molecule has 0 rings (SSSR count). The summed E-state index contributed by atoms with van der Waals surface area (Å²) in [5.41, 5.74) is 0. The van der Waals surface area contributed by atoms with E-state index in [4.69, 9.17) is 0 Å². The molecule has 0 aromatic heterocycles. The van der Waals surface area contributed by atoms with Crippen molar-refractivity contribution in [1.82, 2.24) is 0 Å². The zero-order valence-corrected chi connectivity index (χ0v) is 20.0. The Morgan fingerprint density at radius 1 is 0.130 bits per heavy atom. The minimum Gasteiger partial charge on any atom is -0.0776 e. The van der Waals surface area contributed by atoms with E-state index in [0.717, 1.165) is 0 Å². The molecule has 0 spiro atoms. The molecule has 0 N–H and O–H groups in total. The molecular formula is C23H72. The van der Waals surface area contributed by atoms with Gasteiger partial charge in [-0.15, -0.1) is 0 Å². The Kier molecular flexibility index (Phi) is 0. The van der Waals surface area contributed by atoms with Crippen LogP contribution in [0.4, 0.5) is 0 Å². The monoisotopic (exact) mass is 349 g/mol. The van der Waals surface area contributed by atoms with Gasteiger partial charge in [-0.25, -0.2) is 0 Å². The number of hydrogen-bond donors (Lipinski definition) is 0. The third-order valence-electron chi connectivity index (χ3n) is 0. The average molecular weight is 349 g/mol. The van der Waals surface area contributed by atoms with Crippen molar-refractivity contribution in [2.24, 2.45) is 0 Å². The minimum absolute atomic E-state index is 0. The fraction of sp³-hybridized carbons (Fsp3) is 1.00. The highest BCUT2D eigenvalue weighted by Crippen LogP contribution is 1.16. The molecule has 0 aliphatic carbocycles. The van der Waals surface area contributed by atoms with Crippen LogP contribution in [-0.2, 0) is 0 Å². The normalized spacial score (nSPS) is 2.61. The summed E-state index contributed by atoms with van der Waals surface area (Å²) in [4.78, 5) is 0. The van der Waals surface area contributed by atoms with Gasteiger partial charge in [-0.2, -0.15) is 0 Å². The maximum atomic E-state index is 2.00. The highest BCUT2D eigenvalue weighted by molar-refractivity contribution is 3.52. The molecule has 0 amide bonds. The van der Waals surface area contributed by atoms with Gasteiger partial charge in [-0.3, -0.25) is 0 Å². The summed E-state index contributed by atoms with van der Waals surface area (Å²) in [5, 5.41) is 0. The van der Waals surface area contributed by atoms with Crippen molar-refractivity contribution in [3.8, 4) is 0 Å². The molecule has 0 aliphatic heterocycles. The maximum absolute atomic E-state index is 2.00. The Hall–Kier alpha value is 0. The molecule has 0 aliphatic rings. The molecule has 23 heavy (non-hydrogen) atoms. The third kappa shape index (κ3) is 0. The molecule has 0 unspecified atom stereocenters. The van der Waals surface area contributed by atoms with Gasteiger partial charge in [0.25, 0.3) is 0 Å². The lowest BCUT2D eigenvalue weighted by molar-refractivity contribution is 1.50. The van der Waals surface area contributed by atoms with E-state index in [1.165, 1.54) is 0 Å². The van der Waals surface area contributed by atoms with Crippen molar-refractivity contribution in [3.63, 3.8) is 0 Å². The van der Waals surface area contributed by atoms with E-state index in [1.807, 2.05) is 138 Å². The lowest BCUT2D eigenvalue weighted by atomic mass is 11.0. The second-order valence-corrected chi connectivity index (χ2v) is 0. The van der Waals surface area contributed by atoms with E-state index in [0.29, 0.717) is 0 Å². The van der Waals surface area contributed by atoms with Crippen LogP contribution >= 0.6 is 0 Å². The molecule has 0 aromatic rings. The average Bonchev–Trinajstić information content (AvgIpc) is 2.71. The second kappa shape index (κ2) is 0. The highest BCUT2D eigenvalue weighted by atomic mass is 13.0. The molecule has 0 nitrogen and oxygen atoms in total. The Labute approximate surface area is 161 Å². The van der Waals surface area contributed by atoms with Crippen LogP contribution in [-0.4, -0.2) is 0 Å². The van der Waals surface area contributed by atoms with Gasteiger partial charge in [-0.1, -0.05) is 161 Å². The molecule has 0 saturated heterocycles. The van der Waals surface area contributed by atoms with Gasteiger partial charge in [-0.05, 0) is 0 Å². The van der Waals surface area contributed by atoms with Gasteiger partial charge in [0.05, 0.1) is 0 Å². The molecule has 164 valence electrons. The Morgan fingerprint density at radius 3 is 0.130 bits per heavy atom. The first-order chi connectivity index (χ1) is 10.0. The summed E-state index contributed by atoms with van der Waals surface area (Å²) in [6.45, 7) is 40.0. The van der Waals surface area contributed by atoms with Gasteiger partial charge >= 0.3 is 0 Å². The van der Waals surface area contributed by atoms with Crippen LogP contribution in [0.5, 0.6) is 0 Å². The van der Waals surface area contributed by atoms with Crippen LogP contribution in [0, 0.1) is 0 Å². The molecule has 0 heterocycles. The van der Waals surface area contributed by atoms with E-state index in [-0.39, 0.29) is 22.3 Å². The van der Waals surface area contributed by atoms with E-state index in [2.05, 4.69) is 0 Å². The summed E-state index contributed by atoms with van der Waals surface area (Å²) in [5.74, 6) is 0. The topological polar surface area (TPSA) is 0 Å². The molecule has 0 atom stereocenters. The summed E-state index contributed by atoms with van der Waals surface area (Å²) >= 11 is 0. The van der Waals surface area contributed by atoms with Crippen LogP contribution in [0.1, 0.15) is 161 Å². The van der Waals surface area contributed by atoms with Crippen LogP contribution in [0.25, 0.3) is 0 Å². The quantitative estimate of drug-likeness (QED) is 0.408. The summed E-state index contributed by atoms with van der Waals surface area (Å²) in [7, 11) is 0. The molecule has 0 saturated carbocycles. The fourth-order valence-electron chi connectivity index (χ4n) is 0. The van der Waals surface area contributed by atoms with Gasteiger partial charge in [0.2, 0.25) is 0 Å². The largest absolute Gasteiger partial charge is 0.0776 e.